The average Bonchev–Trinajstić information content (AvgIpc) is 3.89. The van der Waals surface area contributed by atoms with Crippen molar-refractivity contribution >= 4 is 79.3 Å². The lowest BCUT2D eigenvalue weighted by Gasteiger charge is -2.45. The third-order valence-corrected chi connectivity index (χ3v) is 13.6. The van der Waals surface area contributed by atoms with Gasteiger partial charge in [-0.25, -0.2) is 19.9 Å². The Kier molecular flexibility index (Phi) is 6.76. The van der Waals surface area contributed by atoms with Gasteiger partial charge < -0.3 is 9.47 Å². The van der Waals surface area contributed by atoms with Crippen LogP contribution in [0.2, 0.25) is 0 Å². The Morgan fingerprint density at radius 3 is 1.85 bits per heavy atom. The van der Waals surface area contributed by atoms with Crippen molar-refractivity contribution in [3.05, 3.63) is 176 Å². The minimum absolute atomic E-state index is 0.120. The van der Waals surface area contributed by atoms with Crippen LogP contribution < -0.4 is 26.3 Å². The number of anilines is 6. The summed E-state index contributed by atoms with van der Waals surface area (Å²) in [6.07, 6.45) is 10.5. The molecule has 8 nitrogen and oxygen atoms in total. The number of hydrogen-bond donors (Lipinski definition) is 0. The minimum atomic E-state index is -0.438. The first-order valence-electron chi connectivity index (χ1n) is 24.6. The van der Waals surface area contributed by atoms with Crippen molar-refractivity contribution in [2.75, 3.05) is 9.80 Å². The number of fused-ring (bicyclic) bond motifs is 9. The Bertz CT molecular complexity index is 3850. The standard InChI is InChI=1S/C56H45BN8/c1-55(2,3)36-19-22-38(23-20-36)63-47-25-35(34-13-8-7-9-14-34)26-48-51(47)57(50-42-15-10-11-17-44(42)64(54(50)63)40-30-60-33-61-31-40)53-52-49-41(16-12-18-46(49)62(53)39-28-58-32-59-29-39)43-27-37(56(4,5)6)21-24-45(43)65(48)52/h7-33H,1-6H3/i7D,8D,9D,13D,14D. The summed E-state index contributed by atoms with van der Waals surface area (Å²) in [6, 6.07) is 32.9. The summed E-state index contributed by atoms with van der Waals surface area (Å²) in [7, 11) is 0. The molecule has 0 saturated heterocycles. The molecule has 3 aliphatic heterocycles. The van der Waals surface area contributed by atoms with Gasteiger partial charge in [-0.1, -0.05) is 120 Å². The third-order valence-electron chi connectivity index (χ3n) is 13.6. The molecule has 4 aromatic heterocycles. The molecule has 0 unspecified atom stereocenters. The van der Waals surface area contributed by atoms with Crippen molar-refractivity contribution in [1.29, 1.82) is 0 Å². The fourth-order valence-electron chi connectivity index (χ4n) is 10.7. The first-order chi connectivity index (χ1) is 33.6. The second kappa shape index (κ2) is 13.4. The van der Waals surface area contributed by atoms with Crippen molar-refractivity contribution in [1.82, 2.24) is 29.1 Å². The summed E-state index contributed by atoms with van der Waals surface area (Å²) in [4.78, 5) is 23.0. The molecule has 7 heterocycles. The number of aromatic nitrogens is 6. The fourth-order valence-corrected chi connectivity index (χ4v) is 10.7. The highest BCUT2D eigenvalue weighted by molar-refractivity contribution is 7.01. The largest absolute Gasteiger partial charge is 0.317 e. The molecule has 0 spiro atoms. The lowest BCUT2D eigenvalue weighted by molar-refractivity contribution is 0.590. The second-order valence-electron chi connectivity index (χ2n) is 19.4. The lowest BCUT2D eigenvalue weighted by Crippen LogP contribution is -2.63. The molecule has 0 fully saturated rings. The van der Waals surface area contributed by atoms with Crippen LogP contribution in [0.4, 0.5) is 34.3 Å². The summed E-state index contributed by atoms with van der Waals surface area (Å²) in [5.41, 5.74) is 16.0. The van der Waals surface area contributed by atoms with Crippen LogP contribution in [-0.2, 0) is 10.8 Å². The van der Waals surface area contributed by atoms with Crippen LogP contribution in [-0.4, -0.2) is 35.8 Å². The van der Waals surface area contributed by atoms with E-state index in [2.05, 4.69) is 171 Å². The van der Waals surface area contributed by atoms with Crippen molar-refractivity contribution in [3.8, 4) is 33.6 Å². The average molecular weight is 846 g/mol. The second-order valence-corrected chi connectivity index (χ2v) is 19.4. The van der Waals surface area contributed by atoms with E-state index < -0.39 is 12.8 Å². The molecule has 6 aromatic carbocycles. The normalized spacial score (nSPS) is 14.7. The van der Waals surface area contributed by atoms with Gasteiger partial charge in [0.15, 0.2) is 0 Å². The Hall–Kier alpha value is -7.78. The van der Waals surface area contributed by atoms with Gasteiger partial charge in [0, 0.05) is 33.6 Å². The highest BCUT2D eigenvalue weighted by Crippen LogP contribution is 2.56. The first kappa shape index (κ1) is 32.8. The first-order valence-corrected chi connectivity index (χ1v) is 22.1. The van der Waals surface area contributed by atoms with E-state index in [4.69, 9.17) is 4.11 Å². The Balaban J connectivity index is 1.27. The van der Waals surface area contributed by atoms with Crippen molar-refractivity contribution in [2.45, 2.75) is 52.4 Å². The predicted molar refractivity (Wildman–Crippen MR) is 267 cm³/mol. The molecular formula is C56H45BN8. The van der Waals surface area contributed by atoms with E-state index in [1.54, 1.807) is 12.7 Å². The molecule has 65 heavy (non-hydrogen) atoms. The Labute approximate surface area is 385 Å². The Morgan fingerprint density at radius 2 is 1.15 bits per heavy atom. The maximum absolute atomic E-state index is 9.42. The topological polar surface area (TPSA) is 67.9 Å². The van der Waals surface area contributed by atoms with Gasteiger partial charge in [-0.3, -0.25) is 9.47 Å². The highest BCUT2D eigenvalue weighted by Gasteiger charge is 2.51. The van der Waals surface area contributed by atoms with E-state index in [0.717, 1.165) is 95.1 Å². The lowest BCUT2D eigenvalue weighted by atomic mass is 9.35. The summed E-state index contributed by atoms with van der Waals surface area (Å²) in [6.45, 7) is 12.9. The zero-order valence-corrected chi connectivity index (χ0v) is 36.9. The summed E-state index contributed by atoms with van der Waals surface area (Å²) >= 11 is 0. The fraction of sp³-hybridized carbons (Fsp3) is 0.143. The van der Waals surface area contributed by atoms with Crippen LogP contribution in [0.15, 0.2) is 165 Å². The van der Waals surface area contributed by atoms with E-state index in [-0.39, 0.29) is 40.6 Å². The van der Waals surface area contributed by atoms with E-state index in [0.29, 0.717) is 5.56 Å². The maximum Gasteiger partial charge on any atom is 0.276 e. The van der Waals surface area contributed by atoms with Crippen molar-refractivity contribution < 1.29 is 6.85 Å². The van der Waals surface area contributed by atoms with E-state index >= 15 is 0 Å². The number of benzene rings is 6. The molecule has 10 aromatic rings. The van der Waals surface area contributed by atoms with E-state index in [9.17, 15) is 2.74 Å². The Morgan fingerprint density at radius 1 is 0.523 bits per heavy atom. The van der Waals surface area contributed by atoms with Gasteiger partial charge in [0.05, 0.1) is 65.4 Å². The number of nitrogens with zero attached hydrogens (tertiary/aromatic N) is 8. The van der Waals surface area contributed by atoms with Crippen LogP contribution in [0.5, 0.6) is 0 Å². The molecule has 0 N–H and O–H groups in total. The van der Waals surface area contributed by atoms with E-state index in [1.807, 2.05) is 30.9 Å². The molecule has 312 valence electrons. The SMILES string of the molecule is [2H]c1c([2H])c([2H])c(-c2cc3c4c(c2)N(c2ccc(C(C)(C)C)cc2)c2c(c5ccccc5n2-c2cncnc2)B4c2c4c5c(cccc5n2-c2cncnc2)-c2cc(C(C)(C)C)ccc2N34)c([2H])c1[2H]. The molecule has 3 aliphatic rings. The third kappa shape index (κ3) is 5.32. The highest BCUT2D eigenvalue weighted by atomic mass is 15.3. The van der Waals surface area contributed by atoms with Crippen LogP contribution >= 0.6 is 0 Å². The summed E-state index contributed by atoms with van der Waals surface area (Å²) in [5, 5.41) is 2.12. The number of hydrogen-bond acceptors (Lipinski definition) is 6. The van der Waals surface area contributed by atoms with Crippen LogP contribution in [0.25, 0.3) is 55.4 Å². The summed E-state index contributed by atoms with van der Waals surface area (Å²) in [5.74, 6) is 0.870. The predicted octanol–water partition coefficient (Wildman–Crippen LogP) is 11.5. The van der Waals surface area contributed by atoms with Gasteiger partial charge in [-0.15, -0.1) is 0 Å². The molecule has 0 bridgehead atoms. The molecule has 9 heteroatoms. The zero-order valence-electron chi connectivity index (χ0n) is 41.9. The van der Waals surface area contributed by atoms with E-state index in [1.165, 1.54) is 11.1 Å². The number of rotatable bonds is 4. The maximum atomic E-state index is 9.42. The molecule has 0 amide bonds. The molecule has 13 rings (SSSR count). The van der Waals surface area contributed by atoms with Gasteiger partial charge >= 0.3 is 0 Å². The summed E-state index contributed by atoms with van der Waals surface area (Å²) < 4.78 is 49.9. The van der Waals surface area contributed by atoms with Crippen LogP contribution in [0.1, 0.15) is 59.5 Å². The smallest absolute Gasteiger partial charge is 0.276 e. The molecule has 0 aliphatic carbocycles. The zero-order chi connectivity index (χ0) is 48.3. The monoisotopic (exact) mass is 845 g/mol. The number of para-hydroxylation sites is 1. The quantitative estimate of drug-likeness (QED) is 0.164. The molecule has 0 radical (unpaired) electrons. The molecule has 0 atom stereocenters. The van der Waals surface area contributed by atoms with Gasteiger partial charge in [-0.05, 0) is 103 Å². The van der Waals surface area contributed by atoms with Crippen LogP contribution in [0, 0.1) is 0 Å². The molecular weight excluding hydrogens is 795 g/mol. The van der Waals surface area contributed by atoms with Gasteiger partial charge in [0.1, 0.15) is 18.5 Å². The van der Waals surface area contributed by atoms with Gasteiger partial charge in [0.25, 0.3) is 6.71 Å². The molecule has 0 saturated carbocycles. The van der Waals surface area contributed by atoms with Crippen molar-refractivity contribution in [2.24, 2.45) is 0 Å². The van der Waals surface area contributed by atoms with Gasteiger partial charge in [-0.2, -0.15) is 0 Å². The van der Waals surface area contributed by atoms with Crippen LogP contribution in [0.3, 0.4) is 0 Å². The van der Waals surface area contributed by atoms with Crippen molar-refractivity contribution in [3.63, 3.8) is 0 Å². The minimum Gasteiger partial charge on any atom is -0.317 e. The van der Waals surface area contributed by atoms with Gasteiger partial charge in [0.2, 0.25) is 0 Å².